The van der Waals surface area contributed by atoms with E-state index < -0.39 is 23.4 Å². The molecule has 1 fully saturated rings. The lowest BCUT2D eigenvalue weighted by molar-refractivity contribution is -0.121. The Hall–Kier alpha value is -5.37. The molecular formula is C36H28N2O6. The van der Waals surface area contributed by atoms with Gasteiger partial charge in [0, 0.05) is 28.1 Å². The van der Waals surface area contributed by atoms with E-state index in [4.69, 9.17) is 14.2 Å². The highest BCUT2D eigenvalue weighted by Gasteiger charge is 2.70. The van der Waals surface area contributed by atoms with Gasteiger partial charge < -0.3 is 24.4 Å². The first-order valence-corrected chi connectivity index (χ1v) is 14.5. The van der Waals surface area contributed by atoms with Crippen molar-refractivity contribution in [1.82, 2.24) is 0 Å². The highest BCUT2D eigenvalue weighted by Crippen LogP contribution is 2.59. The first-order valence-electron chi connectivity index (χ1n) is 14.5. The standard InChI is InChI=1S/C36H28N2O6/c1-20-16-30-36(25-11-4-5-12-26(25)37-35(36)41)31(33(39)22-14-15-28-29(18-22)44-19-43-28)32(38(30)27-13-6-3-10-24(20)27)34(40)21-8-7-9-23(17-21)42-2/h3-18,30-32H,19H2,1-2H3,(H,37,41)/t30-,31+,32+,36-/m1/s1. The summed E-state index contributed by atoms with van der Waals surface area (Å²) >= 11 is 0. The molecule has 4 atom stereocenters. The Labute approximate surface area is 253 Å². The lowest BCUT2D eigenvalue weighted by Gasteiger charge is -2.39. The summed E-state index contributed by atoms with van der Waals surface area (Å²) in [5.74, 6) is -0.478. The number of Topliss-reactive ketones (excluding diaryl/α,β-unsaturated/α-hetero) is 2. The zero-order valence-electron chi connectivity index (χ0n) is 24.1. The molecule has 0 radical (unpaired) electrons. The molecule has 1 saturated heterocycles. The Morgan fingerprint density at radius 1 is 0.886 bits per heavy atom. The summed E-state index contributed by atoms with van der Waals surface area (Å²) < 4.78 is 16.6. The highest BCUT2D eigenvalue weighted by atomic mass is 16.7. The summed E-state index contributed by atoms with van der Waals surface area (Å²) in [7, 11) is 1.55. The molecule has 0 aliphatic carbocycles. The van der Waals surface area contributed by atoms with Crippen LogP contribution in [0.25, 0.3) is 5.57 Å². The van der Waals surface area contributed by atoms with E-state index in [-0.39, 0.29) is 24.3 Å². The second-order valence-electron chi connectivity index (χ2n) is 11.5. The van der Waals surface area contributed by atoms with Crippen LogP contribution in [0, 0.1) is 5.92 Å². The fraction of sp³-hybridized carbons (Fsp3) is 0.194. The Morgan fingerprint density at radius 2 is 1.66 bits per heavy atom. The molecule has 8 heteroatoms. The summed E-state index contributed by atoms with van der Waals surface area (Å²) in [6.45, 7) is 2.07. The van der Waals surface area contributed by atoms with Gasteiger partial charge in [0.05, 0.1) is 19.1 Å². The van der Waals surface area contributed by atoms with E-state index in [1.807, 2.05) is 66.4 Å². The van der Waals surface area contributed by atoms with Crippen LogP contribution in [0.1, 0.15) is 38.8 Å². The van der Waals surface area contributed by atoms with Gasteiger partial charge >= 0.3 is 0 Å². The Balaban J connectivity index is 1.42. The van der Waals surface area contributed by atoms with Crippen molar-refractivity contribution in [1.29, 1.82) is 0 Å². The summed E-state index contributed by atoms with van der Waals surface area (Å²) in [6, 6.07) is 25.6. The third-order valence-corrected chi connectivity index (χ3v) is 9.45. The van der Waals surface area contributed by atoms with Gasteiger partial charge in [-0.25, -0.2) is 0 Å². The summed E-state index contributed by atoms with van der Waals surface area (Å²) in [4.78, 5) is 46.5. The number of carbonyl (C=O) groups excluding carboxylic acids is 3. The zero-order chi connectivity index (χ0) is 30.2. The third kappa shape index (κ3) is 3.48. The van der Waals surface area contributed by atoms with Crippen LogP contribution in [0.2, 0.25) is 0 Å². The van der Waals surface area contributed by atoms with Gasteiger partial charge in [0.25, 0.3) is 0 Å². The number of ketones is 2. The molecule has 4 aromatic carbocycles. The minimum atomic E-state index is -1.40. The second-order valence-corrected chi connectivity index (χ2v) is 11.5. The third-order valence-electron chi connectivity index (χ3n) is 9.45. The quantitative estimate of drug-likeness (QED) is 0.302. The fourth-order valence-electron chi connectivity index (χ4n) is 7.56. The van der Waals surface area contributed by atoms with E-state index in [0.29, 0.717) is 39.6 Å². The molecule has 4 aliphatic heterocycles. The molecule has 0 bridgehead atoms. The number of carbonyl (C=O) groups is 3. The Kier molecular flexibility index (Phi) is 5.71. The van der Waals surface area contributed by atoms with Crippen molar-refractivity contribution in [3.05, 3.63) is 119 Å². The van der Waals surface area contributed by atoms with Gasteiger partial charge in [-0.15, -0.1) is 0 Å². The van der Waals surface area contributed by atoms with Crippen LogP contribution in [-0.2, 0) is 10.2 Å². The fourth-order valence-corrected chi connectivity index (χ4v) is 7.56. The molecule has 1 amide bonds. The molecule has 218 valence electrons. The van der Waals surface area contributed by atoms with Crippen molar-refractivity contribution in [2.24, 2.45) is 5.92 Å². The van der Waals surface area contributed by atoms with E-state index >= 15 is 4.79 Å². The van der Waals surface area contributed by atoms with E-state index in [1.165, 1.54) is 0 Å². The van der Waals surface area contributed by atoms with E-state index in [0.717, 1.165) is 16.8 Å². The molecular weight excluding hydrogens is 556 g/mol. The van der Waals surface area contributed by atoms with Crippen LogP contribution in [0.4, 0.5) is 11.4 Å². The number of rotatable bonds is 5. The van der Waals surface area contributed by atoms with Gasteiger partial charge in [-0.1, -0.05) is 54.6 Å². The van der Waals surface area contributed by atoms with Crippen LogP contribution in [0.15, 0.2) is 97.1 Å². The number of hydrogen-bond acceptors (Lipinski definition) is 7. The van der Waals surface area contributed by atoms with E-state index in [9.17, 15) is 9.59 Å². The number of benzene rings is 4. The first-order chi connectivity index (χ1) is 21.4. The van der Waals surface area contributed by atoms with Crippen molar-refractivity contribution in [3.63, 3.8) is 0 Å². The summed E-state index contributed by atoms with van der Waals surface area (Å²) in [5, 5.41) is 3.07. The van der Waals surface area contributed by atoms with Gasteiger partial charge in [-0.05, 0) is 60.5 Å². The number of nitrogens with one attached hydrogen (secondary N) is 1. The van der Waals surface area contributed by atoms with E-state index in [2.05, 4.69) is 5.32 Å². The molecule has 8 rings (SSSR count). The number of methoxy groups -OCH3 is 1. The summed E-state index contributed by atoms with van der Waals surface area (Å²) in [5.41, 5.74) is 3.39. The molecule has 4 heterocycles. The number of hydrogen-bond donors (Lipinski definition) is 1. The van der Waals surface area contributed by atoms with Crippen molar-refractivity contribution in [2.75, 3.05) is 24.1 Å². The van der Waals surface area contributed by atoms with Crippen LogP contribution in [0.5, 0.6) is 17.2 Å². The van der Waals surface area contributed by atoms with Crippen LogP contribution in [-0.4, -0.2) is 43.5 Å². The van der Waals surface area contributed by atoms with Gasteiger partial charge in [-0.3, -0.25) is 14.4 Å². The molecule has 0 unspecified atom stereocenters. The number of ether oxygens (including phenoxy) is 3. The average molecular weight is 585 g/mol. The molecule has 0 aromatic heterocycles. The summed E-state index contributed by atoms with van der Waals surface area (Å²) in [6.07, 6.45) is 2.04. The first kappa shape index (κ1) is 26.3. The van der Waals surface area contributed by atoms with Crippen molar-refractivity contribution in [2.45, 2.75) is 24.4 Å². The molecule has 1 N–H and O–H groups in total. The SMILES string of the molecule is COc1cccc(C(=O)[C@@H]2[C@@H](C(=O)c3ccc4c(c3)OCO4)[C@]3(C(=O)Nc4ccccc43)[C@H]3C=C(C)c4ccccc4N23)c1. The largest absolute Gasteiger partial charge is 0.497 e. The second kappa shape index (κ2) is 9.57. The number of anilines is 2. The minimum absolute atomic E-state index is 0.0593. The molecule has 1 spiro atoms. The zero-order valence-corrected chi connectivity index (χ0v) is 24.1. The smallest absolute Gasteiger partial charge is 0.238 e. The van der Waals surface area contributed by atoms with Crippen LogP contribution in [0.3, 0.4) is 0 Å². The topological polar surface area (TPSA) is 94.2 Å². The van der Waals surface area contributed by atoms with Crippen molar-refractivity contribution >= 4 is 34.4 Å². The number of nitrogens with zero attached hydrogens (tertiary/aromatic N) is 1. The van der Waals surface area contributed by atoms with Gasteiger partial charge in [0.2, 0.25) is 12.7 Å². The molecule has 4 aromatic rings. The van der Waals surface area contributed by atoms with Crippen LogP contribution >= 0.6 is 0 Å². The molecule has 8 nitrogen and oxygen atoms in total. The van der Waals surface area contributed by atoms with Crippen LogP contribution < -0.4 is 24.4 Å². The lowest BCUT2D eigenvalue weighted by Crippen LogP contribution is -2.51. The maximum Gasteiger partial charge on any atom is 0.238 e. The Morgan fingerprint density at radius 3 is 2.52 bits per heavy atom. The van der Waals surface area contributed by atoms with Gasteiger partial charge in [0.1, 0.15) is 17.2 Å². The predicted molar refractivity (Wildman–Crippen MR) is 165 cm³/mol. The number of fused-ring (bicyclic) bond motifs is 7. The Bertz CT molecular complexity index is 1930. The number of allylic oxidation sites excluding steroid dienone is 1. The van der Waals surface area contributed by atoms with Crippen molar-refractivity contribution < 1.29 is 28.6 Å². The molecule has 4 aliphatic rings. The van der Waals surface area contributed by atoms with Crippen molar-refractivity contribution in [3.8, 4) is 17.2 Å². The number of amides is 1. The molecule has 0 saturated carbocycles. The predicted octanol–water partition coefficient (Wildman–Crippen LogP) is 5.67. The highest BCUT2D eigenvalue weighted by molar-refractivity contribution is 6.18. The van der Waals surface area contributed by atoms with E-state index in [1.54, 1.807) is 49.6 Å². The number of para-hydroxylation sites is 2. The monoisotopic (exact) mass is 584 g/mol. The minimum Gasteiger partial charge on any atom is -0.497 e. The maximum absolute atomic E-state index is 15.1. The maximum atomic E-state index is 15.1. The lowest BCUT2D eigenvalue weighted by atomic mass is 9.64. The van der Waals surface area contributed by atoms with Gasteiger partial charge in [-0.2, -0.15) is 0 Å². The normalized spacial score (nSPS) is 23.9. The van der Waals surface area contributed by atoms with Gasteiger partial charge in [0.15, 0.2) is 23.1 Å². The molecule has 44 heavy (non-hydrogen) atoms. The average Bonchev–Trinajstić information content (AvgIpc) is 3.73.